The molecule has 0 N–H and O–H groups in total. The van der Waals surface area contributed by atoms with Gasteiger partial charge in [0.2, 0.25) is 5.95 Å². The topological polar surface area (TPSA) is 47.5 Å². The Morgan fingerprint density at radius 3 is 2.42 bits per heavy atom. The Labute approximate surface area is 143 Å². The molecule has 0 atom stereocenters. The lowest BCUT2D eigenvalue weighted by atomic mass is 9.77. The van der Waals surface area contributed by atoms with E-state index < -0.39 is 7.12 Å². The molecule has 6 heteroatoms. The van der Waals surface area contributed by atoms with E-state index >= 15 is 0 Å². The van der Waals surface area contributed by atoms with Gasteiger partial charge in [0.15, 0.2) is 0 Å². The van der Waals surface area contributed by atoms with Gasteiger partial charge in [-0.25, -0.2) is 9.97 Å². The van der Waals surface area contributed by atoms with E-state index in [-0.39, 0.29) is 11.2 Å². The maximum absolute atomic E-state index is 6.20. The van der Waals surface area contributed by atoms with Crippen molar-refractivity contribution in [1.82, 2.24) is 9.97 Å². The first-order chi connectivity index (χ1) is 11.3. The SMILES string of the molecule is CN(c1ncc2c(B3OC(C)(C)C(C)(C)O3)cccc2n1)C1CC1. The maximum Gasteiger partial charge on any atom is 0.495 e. The van der Waals surface area contributed by atoms with E-state index in [0.29, 0.717) is 6.04 Å². The second-order valence-electron chi connectivity index (χ2n) is 7.88. The fourth-order valence-corrected chi connectivity index (χ4v) is 3.04. The molecule has 0 unspecified atom stereocenters. The van der Waals surface area contributed by atoms with Crippen molar-refractivity contribution in [2.45, 2.75) is 57.8 Å². The van der Waals surface area contributed by atoms with Crippen molar-refractivity contribution in [2.24, 2.45) is 0 Å². The molecule has 2 fully saturated rings. The molecule has 0 spiro atoms. The second-order valence-corrected chi connectivity index (χ2v) is 7.88. The molecule has 126 valence electrons. The number of nitrogens with zero attached hydrogens (tertiary/aromatic N) is 3. The highest BCUT2D eigenvalue weighted by molar-refractivity contribution is 6.65. The molecular weight excluding hydrogens is 301 g/mol. The van der Waals surface area contributed by atoms with Gasteiger partial charge >= 0.3 is 7.12 Å². The first-order valence-corrected chi connectivity index (χ1v) is 8.63. The Kier molecular flexibility index (Phi) is 3.41. The van der Waals surface area contributed by atoms with Gasteiger partial charge in [-0.15, -0.1) is 0 Å². The number of hydrogen-bond donors (Lipinski definition) is 0. The number of aromatic nitrogens is 2. The number of hydrogen-bond acceptors (Lipinski definition) is 5. The lowest BCUT2D eigenvalue weighted by Gasteiger charge is -2.32. The highest BCUT2D eigenvalue weighted by atomic mass is 16.7. The zero-order valence-corrected chi connectivity index (χ0v) is 15.0. The van der Waals surface area contributed by atoms with Crippen LogP contribution in [0.1, 0.15) is 40.5 Å². The van der Waals surface area contributed by atoms with Crippen molar-refractivity contribution in [3.8, 4) is 0 Å². The van der Waals surface area contributed by atoms with Crippen LogP contribution in [0.15, 0.2) is 24.4 Å². The maximum atomic E-state index is 6.20. The third kappa shape index (κ3) is 2.49. The number of benzene rings is 1. The summed E-state index contributed by atoms with van der Waals surface area (Å²) in [4.78, 5) is 11.5. The van der Waals surface area contributed by atoms with Crippen LogP contribution in [0.3, 0.4) is 0 Å². The van der Waals surface area contributed by atoms with Gasteiger partial charge in [0.25, 0.3) is 0 Å². The molecule has 0 amide bonds. The van der Waals surface area contributed by atoms with E-state index in [1.807, 2.05) is 24.4 Å². The number of anilines is 1. The van der Waals surface area contributed by atoms with Crippen LogP contribution in [0, 0.1) is 0 Å². The summed E-state index contributed by atoms with van der Waals surface area (Å²) in [5.41, 5.74) is 1.21. The van der Waals surface area contributed by atoms with Gasteiger partial charge in [-0.2, -0.15) is 0 Å². The van der Waals surface area contributed by atoms with Crippen LogP contribution in [0.4, 0.5) is 5.95 Å². The van der Waals surface area contributed by atoms with Gasteiger partial charge in [0.1, 0.15) is 0 Å². The summed E-state index contributed by atoms with van der Waals surface area (Å²) in [6.45, 7) is 8.27. The minimum atomic E-state index is -0.394. The van der Waals surface area contributed by atoms with E-state index in [4.69, 9.17) is 14.3 Å². The van der Waals surface area contributed by atoms with Gasteiger partial charge in [-0.05, 0) is 52.1 Å². The summed E-state index contributed by atoms with van der Waals surface area (Å²) >= 11 is 0. The minimum absolute atomic E-state index is 0.354. The highest BCUT2D eigenvalue weighted by Gasteiger charge is 2.52. The molecule has 4 rings (SSSR count). The van der Waals surface area contributed by atoms with E-state index in [0.717, 1.165) is 22.3 Å². The first-order valence-electron chi connectivity index (χ1n) is 8.63. The van der Waals surface area contributed by atoms with Crippen LogP contribution in [0.25, 0.3) is 10.9 Å². The summed E-state index contributed by atoms with van der Waals surface area (Å²) < 4.78 is 12.4. The van der Waals surface area contributed by atoms with E-state index in [2.05, 4.69) is 44.6 Å². The Bertz CT molecular complexity index is 773. The first kappa shape index (κ1) is 15.8. The third-order valence-corrected chi connectivity index (χ3v) is 5.56. The molecule has 0 bridgehead atoms. The van der Waals surface area contributed by atoms with Crippen molar-refractivity contribution >= 4 is 29.4 Å². The van der Waals surface area contributed by atoms with Crippen LogP contribution >= 0.6 is 0 Å². The predicted octanol–water partition coefficient (Wildman–Crippen LogP) is 2.53. The van der Waals surface area contributed by atoms with Gasteiger partial charge < -0.3 is 14.2 Å². The highest BCUT2D eigenvalue weighted by Crippen LogP contribution is 2.37. The average molecular weight is 325 g/mol. The van der Waals surface area contributed by atoms with Crippen LogP contribution in [0.5, 0.6) is 0 Å². The fourth-order valence-electron chi connectivity index (χ4n) is 3.04. The summed E-state index contributed by atoms with van der Waals surface area (Å²) in [6.07, 6.45) is 4.36. The molecule has 5 nitrogen and oxygen atoms in total. The molecule has 2 aromatic rings. The Morgan fingerprint density at radius 1 is 1.12 bits per heavy atom. The zero-order chi connectivity index (χ0) is 17.1. The molecule has 1 aromatic carbocycles. The number of rotatable bonds is 3. The minimum Gasteiger partial charge on any atom is -0.399 e. The van der Waals surface area contributed by atoms with Crippen molar-refractivity contribution in [3.05, 3.63) is 24.4 Å². The third-order valence-electron chi connectivity index (χ3n) is 5.56. The van der Waals surface area contributed by atoms with Crippen LogP contribution < -0.4 is 10.4 Å². The van der Waals surface area contributed by atoms with Crippen molar-refractivity contribution in [3.63, 3.8) is 0 Å². The molecule has 2 heterocycles. The monoisotopic (exact) mass is 325 g/mol. The largest absolute Gasteiger partial charge is 0.495 e. The van der Waals surface area contributed by atoms with E-state index in [1.54, 1.807) is 0 Å². The smallest absolute Gasteiger partial charge is 0.399 e. The Morgan fingerprint density at radius 2 is 1.79 bits per heavy atom. The molecule has 0 radical (unpaired) electrons. The fraction of sp³-hybridized carbons (Fsp3) is 0.556. The lowest BCUT2D eigenvalue weighted by Crippen LogP contribution is -2.41. The van der Waals surface area contributed by atoms with Crippen molar-refractivity contribution in [2.75, 3.05) is 11.9 Å². The number of fused-ring (bicyclic) bond motifs is 1. The molecular formula is C18H24BN3O2. The quantitative estimate of drug-likeness (QED) is 0.812. The molecule has 1 aliphatic heterocycles. The second kappa shape index (κ2) is 5.17. The summed E-state index contributed by atoms with van der Waals surface area (Å²) in [7, 11) is 1.67. The molecule has 2 aliphatic rings. The van der Waals surface area contributed by atoms with E-state index in [9.17, 15) is 0 Å². The molecule has 24 heavy (non-hydrogen) atoms. The molecule has 1 saturated heterocycles. The predicted molar refractivity (Wildman–Crippen MR) is 96.7 cm³/mol. The van der Waals surface area contributed by atoms with Gasteiger partial charge in [0, 0.05) is 24.7 Å². The molecule has 1 aromatic heterocycles. The standard InChI is InChI=1S/C18H24BN3O2/c1-17(2)18(3,4)24-19(23-17)14-7-6-8-15-13(14)11-20-16(21-15)22(5)12-9-10-12/h6-8,11-12H,9-10H2,1-5H3. The normalized spacial score (nSPS) is 22.1. The summed E-state index contributed by atoms with van der Waals surface area (Å²) in [6, 6.07) is 6.67. The Hall–Kier alpha value is -1.66. The van der Waals surface area contributed by atoms with Gasteiger partial charge in [-0.3, -0.25) is 0 Å². The molecule has 1 aliphatic carbocycles. The average Bonchev–Trinajstić information content (AvgIpc) is 3.33. The summed E-state index contributed by atoms with van der Waals surface area (Å²) in [5, 5.41) is 0.990. The summed E-state index contributed by atoms with van der Waals surface area (Å²) in [5.74, 6) is 0.788. The zero-order valence-electron chi connectivity index (χ0n) is 15.0. The van der Waals surface area contributed by atoms with E-state index in [1.165, 1.54) is 12.8 Å². The van der Waals surface area contributed by atoms with Crippen LogP contribution in [-0.4, -0.2) is 41.4 Å². The lowest BCUT2D eigenvalue weighted by molar-refractivity contribution is 0.00578. The van der Waals surface area contributed by atoms with Crippen LogP contribution in [-0.2, 0) is 9.31 Å². The van der Waals surface area contributed by atoms with Crippen molar-refractivity contribution in [1.29, 1.82) is 0 Å². The molecule has 1 saturated carbocycles. The van der Waals surface area contributed by atoms with Gasteiger partial charge in [0.05, 0.1) is 16.7 Å². The Balaban J connectivity index is 1.72. The van der Waals surface area contributed by atoms with Crippen molar-refractivity contribution < 1.29 is 9.31 Å². The van der Waals surface area contributed by atoms with Gasteiger partial charge in [-0.1, -0.05) is 12.1 Å². The van der Waals surface area contributed by atoms with Crippen LogP contribution in [0.2, 0.25) is 0 Å².